The van der Waals surface area contributed by atoms with Gasteiger partial charge in [-0.15, -0.1) is 6.42 Å². The molecule has 0 amide bonds. The van der Waals surface area contributed by atoms with Crippen LogP contribution in [0.25, 0.3) is 0 Å². The fourth-order valence-electron chi connectivity index (χ4n) is 3.18. The SMILES string of the molecule is C#CCOC1C(OP(=O)(O)C(C)CCCC)C(CON)OC1n1ccc(=O)[nH]c1=O. The van der Waals surface area contributed by atoms with Gasteiger partial charge in [0.1, 0.15) is 24.9 Å². The van der Waals surface area contributed by atoms with Crippen molar-refractivity contribution in [1.29, 1.82) is 0 Å². The Labute approximate surface area is 174 Å². The average Bonchev–Trinajstić information content (AvgIpc) is 3.01. The number of H-pyrrole nitrogens is 1. The predicted molar refractivity (Wildman–Crippen MR) is 108 cm³/mol. The number of nitrogens with zero attached hydrogens (tertiary/aromatic N) is 1. The standard InChI is InChI=1S/C18H28N3O8P/c1-4-6-7-12(3)30(24,25)29-15-13(11-27-19)28-17(16(15)26-10-5-2)21-9-8-14(22)20-18(21)23/h2,8-9,12-13,15-17H,4,6-7,10-11,19H2,1,3H3,(H,24,25)(H,20,22,23). The second kappa shape index (κ2) is 11.0. The molecule has 0 aromatic carbocycles. The van der Waals surface area contributed by atoms with Crippen LogP contribution in [0.4, 0.5) is 0 Å². The average molecular weight is 445 g/mol. The molecule has 1 fully saturated rings. The molecular formula is C18H28N3O8P. The maximum Gasteiger partial charge on any atom is 0.331 e. The number of aromatic amines is 1. The van der Waals surface area contributed by atoms with Crippen LogP contribution in [0, 0.1) is 12.3 Å². The summed E-state index contributed by atoms with van der Waals surface area (Å²) >= 11 is 0. The van der Waals surface area contributed by atoms with Gasteiger partial charge in [-0.05, 0) is 6.42 Å². The van der Waals surface area contributed by atoms with E-state index in [4.69, 9.17) is 26.3 Å². The number of unbranched alkanes of at least 4 members (excludes halogenated alkanes) is 1. The van der Waals surface area contributed by atoms with Gasteiger partial charge in [0.15, 0.2) is 6.23 Å². The topological polar surface area (TPSA) is 155 Å². The lowest BCUT2D eigenvalue weighted by molar-refractivity contribution is -0.0755. The zero-order valence-corrected chi connectivity index (χ0v) is 17.8. The third-order valence-electron chi connectivity index (χ3n) is 4.84. The van der Waals surface area contributed by atoms with E-state index < -0.39 is 49.0 Å². The molecule has 1 aromatic rings. The highest BCUT2D eigenvalue weighted by Crippen LogP contribution is 2.53. The van der Waals surface area contributed by atoms with Gasteiger partial charge in [0, 0.05) is 12.3 Å². The van der Waals surface area contributed by atoms with Gasteiger partial charge in [-0.3, -0.25) is 23.4 Å². The fraction of sp³-hybridized carbons (Fsp3) is 0.667. The Bertz CT molecular complexity index is 894. The number of terminal acetylenes is 1. The summed E-state index contributed by atoms with van der Waals surface area (Å²) in [7, 11) is -4.08. The summed E-state index contributed by atoms with van der Waals surface area (Å²) in [4.78, 5) is 41.0. The minimum Gasteiger partial charge on any atom is -0.358 e. The first-order valence-electron chi connectivity index (χ1n) is 9.59. The van der Waals surface area contributed by atoms with Crippen LogP contribution in [0.5, 0.6) is 0 Å². The Hall–Kier alpha value is -1.77. The van der Waals surface area contributed by atoms with E-state index in [0.717, 1.165) is 23.5 Å². The lowest BCUT2D eigenvalue weighted by Gasteiger charge is -2.28. The quantitative estimate of drug-likeness (QED) is 0.251. The smallest absolute Gasteiger partial charge is 0.331 e. The molecule has 11 nitrogen and oxygen atoms in total. The molecule has 1 saturated heterocycles. The first kappa shape index (κ1) is 24.5. The molecule has 1 aromatic heterocycles. The number of rotatable bonds is 11. The second-order valence-electron chi connectivity index (χ2n) is 7.02. The van der Waals surface area contributed by atoms with Gasteiger partial charge in [-0.25, -0.2) is 10.7 Å². The summed E-state index contributed by atoms with van der Waals surface area (Å²) in [5.41, 5.74) is -1.96. The van der Waals surface area contributed by atoms with E-state index in [0.29, 0.717) is 6.42 Å². The number of nitrogens with one attached hydrogen (secondary N) is 1. The number of hydrogen-bond acceptors (Lipinski definition) is 8. The predicted octanol–water partition coefficient (Wildman–Crippen LogP) is 0.492. The van der Waals surface area contributed by atoms with Crippen LogP contribution in [-0.4, -0.2) is 51.6 Å². The van der Waals surface area contributed by atoms with Gasteiger partial charge in [0.05, 0.1) is 12.3 Å². The van der Waals surface area contributed by atoms with Crippen LogP contribution in [0.1, 0.15) is 39.3 Å². The van der Waals surface area contributed by atoms with Gasteiger partial charge < -0.3 is 19.2 Å². The lowest BCUT2D eigenvalue weighted by atomic mass is 10.1. The van der Waals surface area contributed by atoms with Crippen LogP contribution in [0.2, 0.25) is 0 Å². The molecule has 0 aliphatic carbocycles. The number of ether oxygens (including phenoxy) is 2. The van der Waals surface area contributed by atoms with Crippen molar-refractivity contribution in [3.63, 3.8) is 0 Å². The van der Waals surface area contributed by atoms with E-state index in [9.17, 15) is 19.0 Å². The maximum absolute atomic E-state index is 12.9. The molecule has 168 valence electrons. The Morgan fingerprint density at radius 3 is 2.80 bits per heavy atom. The molecule has 0 bridgehead atoms. The largest absolute Gasteiger partial charge is 0.358 e. The number of hydrogen-bond donors (Lipinski definition) is 3. The van der Waals surface area contributed by atoms with Crippen molar-refractivity contribution in [3.05, 3.63) is 33.1 Å². The fourth-order valence-corrected chi connectivity index (χ4v) is 4.50. The molecule has 1 aliphatic heterocycles. The highest BCUT2D eigenvalue weighted by atomic mass is 31.2. The van der Waals surface area contributed by atoms with Crippen LogP contribution >= 0.6 is 7.60 Å². The molecule has 0 radical (unpaired) electrons. The monoisotopic (exact) mass is 445 g/mol. The van der Waals surface area contributed by atoms with Gasteiger partial charge in [-0.2, -0.15) is 0 Å². The van der Waals surface area contributed by atoms with Crippen LogP contribution in [0.15, 0.2) is 21.9 Å². The molecule has 12 heteroatoms. The van der Waals surface area contributed by atoms with Crippen molar-refractivity contribution in [3.8, 4) is 12.3 Å². The first-order valence-corrected chi connectivity index (χ1v) is 11.2. The third-order valence-corrected chi connectivity index (χ3v) is 6.75. The summed E-state index contributed by atoms with van der Waals surface area (Å²) in [6.45, 7) is 3.24. The first-order chi connectivity index (χ1) is 14.2. The van der Waals surface area contributed by atoms with Crippen molar-refractivity contribution in [2.45, 2.75) is 63.3 Å². The van der Waals surface area contributed by atoms with E-state index in [1.165, 1.54) is 6.20 Å². The van der Waals surface area contributed by atoms with Crippen molar-refractivity contribution >= 4 is 7.60 Å². The normalized spacial score (nSPS) is 26.8. The second-order valence-corrected chi connectivity index (χ2v) is 9.24. The molecule has 30 heavy (non-hydrogen) atoms. The molecule has 4 N–H and O–H groups in total. The van der Waals surface area contributed by atoms with Gasteiger partial charge in [0.25, 0.3) is 5.56 Å². The van der Waals surface area contributed by atoms with Crippen molar-refractivity contribution < 1.29 is 28.3 Å². The summed E-state index contributed by atoms with van der Waals surface area (Å²) in [6.07, 6.45) is 4.46. The highest BCUT2D eigenvalue weighted by molar-refractivity contribution is 7.53. The van der Waals surface area contributed by atoms with E-state index in [1.54, 1.807) is 6.92 Å². The molecule has 6 unspecified atom stereocenters. The van der Waals surface area contributed by atoms with Gasteiger partial charge in [-0.1, -0.05) is 32.6 Å². The van der Waals surface area contributed by atoms with Crippen molar-refractivity contribution in [2.24, 2.45) is 5.90 Å². The summed E-state index contributed by atoms with van der Waals surface area (Å²) in [6, 6.07) is 1.13. The Kier molecular flexibility index (Phi) is 9.00. The summed E-state index contributed by atoms with van der Waals surface area (Å²) in [5, 5.41) is 0. The van der Waals surface area contributed by atoms with Crippen LogP contribution < -0.4 is 17.1 Å². The van der Waals surface area contributed by atoms with E-state index in [2.05, 4.69) is 15.7 Å². The van der Waals surface area contributed by atoms with E-state index in [1.807, 2.05) is 6.92 Å². The molecule has 2 heterocycles. The van der Waals surface area contributed by atoms with Crippen LogP contribution in [0.3, 0.4) is 0 Å². The van der Waals surface area contributed by atoms with Gasteiger partial charge >= 0.3 is 13.3 Å². The van der Waals surface area contributed by atoms with Crippen molar-refractivity contribution in [2.75, 3.05) is 13.2 Å². The highest BCUT2D eigenvalue weighted by Gasteiger charge is 2.51. The molecule has 0 saturated carbocycles. The Balaban J connectivity index is 2.38. The summed E-state index contributed by atoms with van der Waals surface area (Å²) < 4.78 is 31.0. The van der Waals surface area contributed by atoms with Crippen LogP contribution in [-0.2, 0) is 23.4 Å². The Morgan fingerprint density at radius 1 is 1.47 bits per heavy atom. The molecular weight excluding hydrogens is 417 g/mol. The third kappa shape index (κ3) is 5.89. The van der Waals surface area contributed by atoms with E-state index >= 15 is 0 Å². The van der Waals surface area contributed by atoms with Crippen molar-refractivity contribution in [1.82, 2.24) is 9.55 Å². The number of nitrogens with two attached hydrogens (primary N) is 1. The lowest BCUT2D eigenvalue weighted by Crippen LogP contribution is -2.41. The summed E-state index contributed by atoms with van der Waals surface area (Å²) in [5.74, 6) is 7.49. The zero-order chi connectivity index (χ0) is 22.3. The number of aromatic nitrogens is 2. The molecule has 2 rings (SSSR count). The zero-order valence-electron chi connectivity index (χ0n) is 16.9. The minimum absolute atomic E-state index is 0.167. The Morgan fingerprint density at radius 2 is 2.20 bits per heavy atom. The molecule has 6 atom stereocenters. The minimum atomic E-state index is -4.08. The molecule has 0 spiro atoms. The van der Waals surface area contributed by atoms with E-state index in [-0.39, 0.29) is 13.2 Å². The molecule has 1 aliphatic rings. The van der Waals surface area contributed by atoms with Gasteiger partial charge in [0.2, 0.25) is 0 Å². The maximum atomic E-state index is 12.9.